The maximum absolute atomic E-state index is 12.9. The molecule has 0 spiro atoms. The third-order valence-corrected chi connectivity index (χ3v) is 6.74. The number of alkyl halides is 2. The van der Waals surface area contributed by atoms with Gasteiger partial charge in [0, 0.05) is 22.1 Å². The number of ether oxygens (including phenoxy) is 1. The monoisotopic (exact) mass is 422 g/mol. The van der Waals surface area contributed by atoms with Gasteiger partial charge in [-0.05, 0) is 24.6 Å². The number of thioether (sulfide) groups is 1. The number of aromatic nitrogens is 2. The van der Waals surface area contributed by atoms with Gasteiger partial charge >= 0.3 is 12.6 Å². The van der Waals surface area contributed by atoms with Gasteiger partial charge < -0.3 is 14.4 Å². The topological polar surface area (TPSA) is 64.3 Å². The van der Waals surface area contributed by atoms with Gasteiger partial charge in [-0.25, -0.2) is 9.78 Å². The second kappa shape index (κ2) is 6.35. The summed E-state index contributed by atoms with van der Waals surface area (Å²) in [7, 11) is 0. The van der Waals surface area contributed by atoms with Crippen LogP contribution in [0.1, 0.15) is 40.1 Å². The Balaban J connectivity index is 1.81. The van der Waals surface area contributed by atoms with E-state index in [9.17, 15) is 18.7 Å². The smallest absolute Gasteiger partial charge is 0.387 e. The number of rotatable bonds is 3. The van der Waals surface area contributed by atoms with Gasteiger partial charge in [0.1, 0.15) is 11.4 Å². The molecule has 2 atom stereocenters. The number of carbonyl (C=O) groups is 1. The van der Waals surface area contributed by atoms with Crippen LogP contribution in [0.5, 0.6) is 5.75 Å². The molecule has 2 aromatic carbocycles. The second-order valence-electron chi connectivity index (χ2n) is 6.75. The molecule has 28 heavy (non-hydrogen) atoms. The number of halogens is 3. The van der Waals surface area contributed by atoms with Crippen LogP contribution < -0.4 is 4.74 Å². The van der Waals surface area contributed by atoms with Crippen LogP contribution in [0.4, 0.5) is 8.78 Å². The summed E-state index contributed by atoms with van der Waals surface area (Å²) in [6.45, 7) is -3.17. The zero-order chi connectivity index (χ0) is 19.6. The van der Waals surface area contributed by atoms with Gasteiger partial charge in [0.2, 0.25) is 0 Å². The van der Waals surface area contributed by atoms with Gasteiger partial charge in [-0.3, -0.25) is 0 Å². The van der Waals surface area contributed by atoms with Crippen LogP contribution in [0.2, 0.25) is 5.02 Å². The SMILES string of the molecule is O=C(O)c1c(OC(F)F)c(Cl)cc2c1C1CC(CS2)c2nc3ccccc3n21. The van der Waals surface area contributed by atoms with E-state index < -0.39 is 18.3 Å². The minimum absolute atomic E-state index is 0.127. The molecule has 144 valence electrons. The minimum Gasteiger partial charge on any atom is -0.478 e. The molecular formula is C19H13ClF2N2O3S. The average Bonchev–Trinajstić information content (AvgIpc) is 3.11. The van der Waals surface area contributed by atoms with E-state index in [1.54, 1.807) is 0 Å². The van der Waals surface area contributed by atoms with E-state index in [0.717, 1.165) is 16.9 Å². The van der Waals surface area contributed by atoms with Crippen LogP contribution in [0, 0.1) is 0 Å². The van der Waals surface area contributed by atoms with Gasteiger partial charge in [-0.1, -0.05) is 23.7 Å². The largest absolute Gasteiger partial charge is 0.478 e. The molecule has 0 saturated carbocycles. The summed E-state index contributed by atoms with van der Waals surface area (Å²) in [4.78, 5) is 17.5. The Morgan fingerprint density at radius 1 is 1.39 bits per heavy atom. The van der Waals surface area contributed by atoms with Crippen LogP contribution in [0.25, 0.3) is 11.0 Å². The summed E-state index contributed by atoms with van der Waals surface area (Å²) < 4.78 is 32.5. The first-order valence-corrected chi connectivity index (χ1v) is 9.96. The number of carboxylic acid groups (broad SMARTS) is 1. The molecule has 1 aromatic heterocycles. The lowest BCUT2D eigenvalue weighted by Crippen LogP contribution is -2.16. The van der Waals surface area contributed by atoms with Crippen LogP contribution in [-0.4, -0.2) is 33.0 Å². The van der Waals surface area contributed by atoms with E-state index >= 15 is 0 Å². The van der Waals surface area contributed by atoms with Gasteiger partial charge in [-0.2, -0.15) is 8.78 Å². The Morgan fingerprint density at radius 2 is 2.18 bits per heavy atom. The second-order valence-corrected chi connectivity index (χ2v) is 8.22. The van der Waals surface area contributed by atoms with Crippen LogP contribution in [0.15, 0.2) is 35.2 Å². The number of fused-ring (bicyclic) bond motifs is 9. The molecule has 0 aliphatic carbocycles. The van der Waals surface area contributed by atoms with E-state index in [-0.39, 0.29) is 22.5 Å². The molecular weight excluding hydrogens is 410 g/mol. The average molecular weight is 423 g/mol. The molecule has 9 heteroatoms. The molecule has 2 bridgehead atoms. The summed E-state index contributed by atoms with van der Waals surface area (Å²) in [5.41, 5.74) is 1.88. The maximum atomic E-state index is 12.9. The van der Waals surface area contributed by atoms with Gasteiger partial charge in [0.05, 0.1) is 22.1 Å². The number of hydrogen-bond donors (Lipinski definition) is 1. The summed E-state index contributed by atoms with van der Waals surface area (Å²) in [5, 5.41) is 9.74. The molecule has 2 unspecified atom stereocenters. The number of aromatic carboxylic acids is 1. The lowest BCUT2D eigenvalue weighted by molar-refractivity contribution is -0.0503. The number of benzene rings is 2. The van der Waals surface area contributed by atoms with Crippen molar-refractivity contribution in [2.45, 2.75) is 29.9 Å². The highest BCUT2D eigenvalue weighted by molar-refractivity contribution is 7.99. The molecule has 0 amide bonds. The molecule has 0 saturated heterocycles. The molecule has 0 radical (unpaired) electrons. The summed E-state index contributed by atoms with van der Waals surface area (Å²) in [6, 6.07) is 8.84. The normalized spacial score (nSPS) is 20.1. The first-order chi connectivity index (χ1) is 13.5. The highest BCUT2D eigenvalue weighted by Gasteiger charge is 2.42. The highest BCUT2D eigenvalue weighted by Crippen LogP contribution is 2.53. The maximum Gasteiger partial charge on any atom is 0.387 e. The molecule has 3 heterocycles. The molecule has 5 nitrogen and oxygen atoms in total. The lowest BCUT2D eigenvalue weighted by Gasteiger charge is -2.23. The number of carboxylic acids is 1. The van der Waals surface area contributed by atoms with Crippen molar-refractivity contribution in [3.63, 3.8) is 0 Å². The summed E-state index contributed by atoms with van der Waals surface area (Å²) >= 11 is 7.61. The zero-order valence-corrected chi connectivity index (χ0v) is 15.8. The van der Waals surface area contributed by atoms with Crippen LogP contribution in [0.3, 0.4) is 0 Å². The van der Waals surface area contributed by atoms with Crippen molar-refractivity contribution < 1.29 is 23.4 Å². The molecule has 1 N–H and O–H groups in total. The van der Waals surface area contributed by atoms with Crippen LogP contribution in [-0.2, 0) is 0 Å². The number of nitrogens with zero attached hydrogens (tertiary/aromatic N) is 2. The molecule has 5 rings (SSSR count). The van der Waals surface area contributed by atoms with Crippen molar-refractivity contribution in [1.29, 1.82) is 0 Å². The Bertz CT molecular complexity index is 1130. The van der Waals surface area contributed by atoms with Gasteiger partial charge in [0.25, 0.3) is 0 Å². The standard InChI is InChI=1S/C19H13ClF2N2O3S/c20-9-6-13-14(15(18(25)26)16(9)27-19(21)22)12-5-8(7-28-13)17-23-10-3-1-2-4-11(10)24(12)17/h1-4,6,8,12,19H,5,7H2,(H,25,26). The van der Waals surface area contributed by atoms with E-state index in [1.807, 2.05) is 28.8 Å². The van der Waals surface area contributed by atoms with Gasteiger partial charge in [-0.15, -0.1) is 11.8 Å². The summed E-state index contributed by atoms with van der Waals surface area (Å²) in [5.74, 6) is -0.0927. The third kappa shape index (κ3) is 2.51. The fourth-order valence-electron chi connectivity index (χ4n) is 4.23. The first-order valence-electron chi connectivity index (χ1n) is 8.60. The molecule has 3 aromatic rings. The predicted molar refractivity (Wildman–Crippen MR) is 101 cm³/mol. The fraction of sp³-hybridized carbons (Fsp3) is 0.263. The Hall–Kier alpha value is -2.32. The van der Waals surface area contributed by atoms with Crippen molar-refractivity contribution in [3.05, 3.63) is 52.3 Å². The quantitative estimate of drug-likeness (QED) is 0.630. The van der Waals surface area contributed by atoms with Crippen molar-refractivity contribution in [1.82, 2.24) is 9.55 Å². The van der Waals surface area contributed by atoms with Crippen molar-refractivity contribution in [3.8, 4) is 5.75 Å². The Labute approximate surface area is 167 Å². The molecule has 0 fully saturated rings. The number of hydrogen-bond acceptors (Lipinski definition) is 4. The van der Waals surface area contributed by atoms with Crippen molar-refractivity contribution in [2.75, 3.05) is 5.75 Å². The van der Waals surface area contributed by atoms with Crippen molar-refractivity contribution >= 4 is 40.4 Å². The fourth-order valence-corrected chi connectivity index (χ4v) is 5.80. The predicted octanol–water partition coefficient (Wildman–Crippen LogP) is 5.17. The van der Waals surface area contributed by atoms with Crippen molar-refractivity contribution in [2.24, 2.45) is 0 Å². The van der Waals surface area contributed by atoms with E-state index in [4.69, 9.17) is 16.6 Å². The van der Waals surface area contributed by atoms with E-state index in [2.05, 4.69) is 4.74 Å². The molecule has 2 aliphatic heterocycles. The Kier molecular flexibility index (Phi) is 4.03. The first kappa shape index (κ1) is 17.8. The zero-order valence-electron chi connectivity index (χ0n) is 14.2. The summed E-state index contributed by atoms with van der Waals surface area (Å²) in [6.07, 6.45) is 0.656. The minimum atomic E-state index is -3.17. The number of imidazole rings is 1. The molecule has 2 aliphatic rings. The van der Waals surface area contributed by atoms with E-state index in [0.29, 0.717) is 22.6 Å². The Morgan fingerprint density at radius 3 is 2.93 bits per heavy atom. The number of para-hydroxylation sites is 2. The van der Waals surface area contributed by atoms with E-state index in [1.165, 1.54) is 17.8 Å². The highest BCUT2D eigenvalue weighted by atomic mass is 35.5. The van der Waals surface area contributed by atoms with Crippen LogP contribution >= 0.6 is 23.4 Å². The lowest BCUT2D eigenvalue weighted by atomic mass is 9.94. The van der Waals surface area contributed by atoms with Gasteiger partial charge in [0.15, 0.2) is 5.75 Å². The third-order valence-electron chi connectivity index (χ3n) is 5.24.